The molecule has 1 aliphatic heterocycles. The Balaban J connectivity index is 2.03. The van der Waals surface area contributed by atoms with E-state index in [9.17, 15) is 4.79 Å². The maximum atomic E-state index is 12.2. The molecule has 0 aliphatic carbocycles. The first-order chi connectivity index (χ1) is 9.06. The zero-order valence-corrected chi connectivity index (χ0v) is 14.3. The molecule has 1 aromatic rings. The quantitative estimate of drug-likeness (QED) is 0.733. The van der Waals surface area contributed by atoms with E-state index < -0.39 is 0 Å². The van der Waals surface area contributed by atoms with E-state index in [1.54, 1.807) is 7.11 Å². The molecular formula is C13H15BrINO3. The average molecular weight is 440 g/mol. The molecule has 0 spiro atoms. The Morgan fingerprint density at radius 3 is 3.05 bits per heavy atom. The number of benzene rings is 1. The van der Waals surface area contributed by atoms with E-state index in [0.717, 1.165) is 14.5 Å². The van der Waals surface area contributed by atoms with Gasteiger partial charge >= 0.3 is 0 Å². The van der Waals surface area contributed by atoms with E-state index in [0.29, 0.717) is 25.3 Å². The molecule has 19 heavy (non-hydrogen) atoms. The lowest BCUT2D eigenvalue weighted by Gasteiger charge is -2.26. The number of amides is 1. The summed E-state index contributed by atoms with van der Waals surface area (Å²) >= 11 is 5.58. The van der Waals surface area contributed by atoms with Crippen LogP contribution in [0, 0.1) is 3.57 Å². The van der Waals surface area contributed by atoms with Crippen molar-refractivity contribution >= 4 is 44.4 Å². The monoisotopic (exact) mass is 439 g/mol. The highest BCUT2D eigenvalue weighted by Crippen LogP contribution is 2.23. The Kier molecular flexibility index (Phi) is 5.22. The van der Waals surface area contributed by atoms with Gasteiger partial charge in [-0.25, -0.2) is 0 Å². The summed E-state index contributed by atoms with van der Waals surface area (Å²) in [5, 5.41) is 2.92. The molecule has 1 aromatic carbocycles. The highest BCUT2D eigenvalue weighted by atomic mass is 127. The maximum absolute atomic E-state index is 12.2. The van der Waals surface area contributed by atoms with Gasteiger partial charge in [0.25, 0.3) is 5.91 Å². The molecule has 6 heteroatoms. The van der Waals surface area contributed by atoms with E-state index >= 15 is 0 Å². The molecule has 1 unspecified atom stereocenters. The smallest absolute Gasteiger partial charge is 0.252 e. The van der Waals surface area contributed by atoms with Gasteiger partial charge in [-0.05, 0) is 56.7 Å². The first-order valence-corrected chi connectivity index (χ1v) is 7.80. The minimum atomic E-state index is -0.385. The summed E-state index contributed by atoms with van der Waals surface area (Å²) in [7, 11) is 1.65. The van der Waals surface area contributed by atoms with Crippen molar-refractivity contribution in [2.75, 3.05) is 26.9 Å². The van der Waals surface area contributed by atoms with Crippen LogP contribution in [0.15, 0.2) is 22.7 Å². The van der Waals surface area contributed by atoms with E-state index in [1.807, 2.05) is 18.2 Å². The van der Waals surface area contributed by atoms with Crippen molar-refractivity contribution in [3.63, 3.8) is 0 Å². The predicted octanol–water partition coefficient (Wildman–Crippen LogP) is 2.59. The molecule has 0 bridgehead atoms. The van der Waals surface area contributed by atoms with Crippen LogP contribution in [0.1, 0.15) is 16.8 Å². The second-order valence-electron chi connectivity index (χ2n) is 4.50. The van der Waals surface area contributed by atoms with Gasteiger partial charge in [0.05, 0.1) is 12.2 Å². The molecule has 4 nitrogen and oxygen atoms in total. The molecule has 1 amide bonds. The molecular weight excluding hydrogens is 425 g/mol. The summed E-state index contributed by atoms with van der Waals surface area (Å²) in [4.78, 5) is 12.2. The maximum Gasteiger partial charge on any atom is 0.252 e. The number of methoxy groups -OCH3 is 1. The van der Waals surface area contributed by atoms with Gasteiger partial charge in [-0.2, -0.15) is 0 Å². The SMILES string of the molecule is COC1(CNC(=O)c2cc(I)ccc2Br)CCOC1. The van der Waals surface area contributed by atoms with Crippen molar-refractivity contribution in [2.45, 2.75) is 12.0 Å². The van der Waals surface area contributed by atoms with E-state index in [1.165, 1.54) is 0 Å². The molecule has 1 aliphatic rings. The summed E-state index contributed by atoms with van der Waals surface area (Å²) in [6.07, 6.45) is 0.803. The number of hydrogen-bond acceptors (Lipinski definition) is 3. The zero-order valence-electron chi connectivity index (χ0n) is 10.5. The van der Waals surface area contributed by atoms with Crippen molar-refractivity contribution in [2.24, 2.45) is 0 Å². The first kappa shape index (κ1) is 15.2. The van der Waals surface area contributed by atoms with Crippen LogP contribution in [0.4, 0.5) is 0 Å². The largest absolute Gasteiger partial charge is 0.378 e. The molecule has 2 rings (SSSR count). The number of halogens is 2. The highest BCUT2D eigenvalue weighted by molar-refractivity contribution is 14.1. The number of carbonyl (C=O) groups is 1. The zero-order chi connectivity index (χ0) is 13.9. The Morgan fingerprint density at radius 2 is 2.42 bits per heavy atom. The Bertz CT molecular complexity index is 475. The molecule has 1 heterocycles. The minimum Gasteiger partial charge on any atom is -0.378 e. The number of carbonyl (C=O) groups excluding carboxylic acids is 1. The van der Waals surface area contributed by atoms with Crippen LogP contribution < -0.4 is 5.32 Å². The summed E-state index contributed by atoms with van der Waals surface area (Å²) < 4.78 is 12.6. The average Bonchev–Trinajstić information content (AvgIpc) is 2.88. The minimum absolute atomic E-state index is 0.103. The summed E-state index contributed by atoms with van der Waals surface area (Å²) in [6.45, 7) is 1.66. The fraction of sp³-hybridized carbons (Fsp3) is 0.462. The van der Waals surface area contributed by atoms with E-state index in [4.69, 9.17) is 9.47 Å². The Morgan fingerprint density at radius 1 is 1.63 bits per heavy atom. The second kappa shape index (κ2) is 6.51. The van der Waals surface area contributed by atoms with Crippen molar-refractivity contribution in [3.05, 3.63) is 31.8 Å². The number of nitrogens with one attached hydrogen (secondary N) is 1. The predicted molar refractivity (Wildman–Crippen MR) is 84.4 cm³/mol. The van der Waals surface area contributed by atoms with Gasteiger partial charge in [0.15, 0.2) is 0 Å². The third-order valence-corrected chi connectivity index (χ3v) is 4.61. The third kappa shape index (κ3) is 3.68. The van der Waals surface area contributed by atoms with Crippen molar-refractivity contribution in [1.29, 1.82) is 0 Å². The topological polar surface area (TPSA) is 47.6 Å². The number of rotatable bonds is 4. The Hall–Kier alpha value is -0.180. The first-order valence-electron chi connectivity index (χ1n) is 5.92. The van der Waals surface area contributed by atoms with Gasteiger partial charge in [0, 0.05) is 34.7 Å². The van der Waals surface area contributed by atoms with Crippen LogP contribution in [-0.4, -0.2) is 38.4 Å². The van der Waals surface area contributed by atoms with Gasteiger partial charge < -0.3 is 14.8 Å². The van der Waals surface area contributed by atoms with Crippen molar-refractivity contribution in [3.8, 4) is 0 Å². The van der Waals surface area contributed by atoms with E-state index in [2.05, 4.69) is 43.8 Å². The van der Waals surface area contributed by atoms with Gasteiger partial charge in [-0.3, -0.25) is 4.79 Å². The third-order valence-electron chi connectivity index (χ3n) is 3.24. The molecule has 0 saturated carbocycles. The normalized spacial score (nSPS) is 22.5. The highest BCUT2D eigenvalue weighted by Gasteiger charge is 2.35. The van der Waals surface area contributed by atoms with Crippen LogP contribution in [0.25, 0.3) is 0 Å². The van der Waals surface area contributed by atoms with Gasteiger partial charge in [0.2, 0.25) is 0 Å². The fourth-order valence-corrected chi connectivity index (χ4v) is 2.89. The lowest BCUT2D eigenvalue weighted by Crippen LogP contribution is -2.45. The molecule has 1 fully saturated rings. The number of ether oxygens (including phenoxy) is 2. The van der Waals surface area contributed by atoms with Gasteiger partial charge in [0.1, 0.15) is 5.60 Å². The van der Waals surface area contributed by atoms with Gasteiger partial charge in [-0.1, -0.05) is 0 Å². The molecule has 0 radical (unpaired) electrons. The number of hydrogen-bond donors (Lipinski definition) is 1. The summed E-state index contributed by atoms with van der Waals surface area (Å²) in [5.41, 5.74) is 0.251. The van der Waals surface area contributed by atoms with Crippen LogP contribution in [0.5, 0.6) is 0 Å². The van der Waals surface area contributed by atoms with Crippen LogP contribution in [0.2, 0.25) is 0 Å². The summed E-state index contributed by atoms with van der Waals surface area (Å²) in [5.74, 6) is -0.103. The van der Waals surface area contributed by atoms with E-state index in [-0.39, 0.29) is 11.5 Å². The molecule has 1 atom stereocenters. The Labute approximate surface area is 134 Å². The van der Waals surface area contributed by atoms with Crippen LogP contribution in [-0.2, 0) is 9.47 Å². The van der Waals surface area contributed by atoms with Gasteiger partial charge in [-0.15, -0.1) is 0 Å². The lowest BCUT2D eigenvalue weighted by molar-refractivity contribution is -0.0148. The standard InChI is InChI=1S/C13H15BrINO3/c1-18-13(4-5-19-8-13)7-16-12(17)10-6-9(15)2-3-11(10)14/h2-3,6H,4-5,7-8H2,1H3,(H,16,17). The lowest BCUT2D eigenvalue weighted by atomic mass is 10.0. The molecule has 0 aromatic heterocycles. The fourth-order valence-electron chi connectivity index (χ4n) is 1.97. The van der Waals surface area contributed by atoms with Crippen molar-refractivity contribution < 1.29 is 14.3 Å². The van der Waals surface area contributed by atoms with Crippen LogP contribution >= 0.6 is 38.5 Å². The molecule has 104 valence electrons. The molecule has 1 saturated heterocycles. The van der Waals surface area contributed by atoms with Crippen molar-refractivity contribution in [1.82, 2.24) is 5.32 Å². The molecule has 1 N–H and O–H groups in total. The second-order valence-corrected chi connectivity index (χ2v) is 6.60. The summed E-state index contributed by atoms with van der Waals surface area (Å²) in [6, 6.07) is 5.68. The van der Waals surface area contributed by atoms with Crippen LogP contribution in [0.3, 0.4) is 0 Å².